The van der Waals surface area contributed by atoms with Crippen molar-refractivity contribution in [2.75, 3.05) is 0 Å². The van der Waals surface area contributed by atoms with Crippen molar-refractivity contribution in [3.05, 3.63) is 95.9 Å². The molecule has 1 atom stereocenters. The van der Waals surface area contributed by atoms with Gasteiger partial charge in [0.15, 0.2) is 0 Å². The van der Waals surface area contributed by atoms with Crippen LogP contribution < -0.4 is 9.16 Å². The largest absolute Gasteiger partial charge is 0.543 e. The molecule has 1 aliphatic carbocycles. The molecule has 0 N–H and O–H groups in total. The molecule has 41 heavy (non-hydrogen) atoms. The SMILES string of the molecule is CC(C)(C)[Si](C)(C)Oc1ccc(Br)c(C#N)c1.CC1=C(C)C(Oc2ccc(Br)c(C#N)c2)c2cc(C)c(C)c(C)c21. The number of rotatable bonds is 4. The Morgan fingerprint density at radius 1 is 0.780 bits per heavy atom. The van der Waals surface area contributed by atoms with Crippen LogP contribution in [0.25, 0.3) is 5.57 Å². The third-order valence-electron chi connectivity index (χ3n) is 8.38. The van der Waals surface area contributed by atoms with Gasteiger partial charge in [-0.05, 0) is 154 Å². The van der Waals surface area contributed by atoms with Crippen molar-refractivity contribution in [3.8, 4) is 23.6 Å². The second kappa shape index (κ2) is 12.6. The van der Waals surface area contributed by atoms with Crippen LogP contribution in [0.5, 0.6) is 11.5 Å². The summed E-state index contributed by atoms with van der Waals surface area (Å²) in [4.78, 5) is 0. The first-order valence-corrected chi connectivity index (χ1v) is 18.0. The Labute approximate surface area is 263 Å². The highest BCUT2D eigenvalue weighted by atomic mass is 79.9. The lowest BCUT2D eigenvalue weighted by Gasteiger charge is -2.36. The minimum Gasteiger partial charge on any atom is -0.543 e. The molecular weight excluding hydrogens is 656 g/mol. The van der Waals surface area contributed by atoms with Crippen molar-refractivity contribution >= 4 is 45.8 Å². The summed E-state index contributed by atoms with van der Waals surface area (Å²) in [6.45, 7) is 21.8. The first kappa shape index (κ1) is 32.7. The Hall–Kier alpha value is -2.84. The fourth-order valence-corrected chi connectivity index (χ4v) is 6.19. The van der Waals surface area contributed by atoms with E-state index in [1.54, 1.807) is 12.1 Å². The van der Waals surface area contributed by atoms with E-state index in [1.165, 1.54) is 39.0 Å². The van der Waals surface area contributed by atoms with Crippen molar-refractivity contribution in [3.63, 3.8) is 0 Å². The predicted octanol–water partition coefficient (Wildman–Crippen LogP) is 10.9. The molecule has 0 amide bonds. The van der Waals surface area contributed by atoms with E-state index in [9.17, 15) is 5.26 Å². The van der Waals surface area contributed by atoms with Gasteiger partial charge in [-0.1, -0.05) is 26.8 Å². The maximum absolute atomic E-state index is 9.21. The Morgan fingerprint density at radius 3 is 1.80 bits per heavy atom. The lowest BCUT2D eigenvalue weighted by molar-refractivity contribution is 0.246. The zero-order valence-corrected chi connectivity index (χ0v) is 29.8. The number of fused-ring (bicyclic) bond motifs is 1. The number of hydrogen-bond donors (Lipinski definition) is 0. The molecule has 0 radical (unpaired) electrons. The summed E-state index contributed by atoms with van der Waals surface area (Å²) in [7, 11) is -1.82. The smallest absolute Gasteiger partial charge is 0.250 e. The van der Waals surface area contributed by atoms with E-state index in [0.29, 0.717) is 11.1 Å². The van der Waals surface area contributed by atoms with Gasteiger partial charge < -0.3 is 9.16 Å². The summed E-state index contributed by atoms with van der Waals surface area (Å²) in [5, 5.41) is 18.4. The van der Waals surface area contributed by atoms with Crippen LogP contribution in [-0.4, -0.2) is 8.32 Å². The summed E-state index contributed by atoms with van der Waals surface area (Å²) in [6, 6.07) is 17.7. The molecule has 3 aromatic rings. The highest BCUT2D eigenvalue weighted by Crippen LogP contribution is 2.45. The lowest BCUT2D eigenvalue weighted by Crippen LogP contribution is -2.43. The maximum Gasteiger partial charge on any atom is 0.250 e. The number of benzene rings is 3. The van der Waals surface area contributed by atoms with Crippen molar-refractivity contribution in [2.45, 2.75) is 79.6 Å². The molecule has 1 aliphatic rings. The number of halogens is 2. The highest BCUT2D eigenvalue weighted by Gasteiger charge is 2.39. The molecule has 3 aromatic carbocycles. The zero-order chi connectivity index (χ0) is 30.9. The quantitative estimate of drug-likeness (QED) is 0.255. The third kappa shape index (κ3) is 6.97. The number of aryl methyl sites for hydroxylation is 1. The van der Waals surface area contributed by atoms with Gasteiger partial charge in [-0.3, -0.25) is 0 Å². The summed E-state index contributed by atoms with van der Waals surface area (Å²) in [5.41, 5.74) is 10.2. The molecule has 0 saturated heterocycles. The monoisotopic (exact) mass is 692 g/mol. The minimum absolute atomic E-state index is 0.0919. The van der Waals surface area contributed by atoms with Crippen molar-refractivity contribution in [2.24, 2.45) is 0 Å². The normalized spacial score (nSPS) is 14.4. The van der Waals surface area contributed by atoms with Gasteiger partial charge in [-0.15, -0.1) is 0 Å². The number of hydrogen-bond acceptors (Lipinski definition) is 4. The summed E-state index contributed by atoms with van der Waals surface area (Å²) < 4.78 is 14.0. The molecule has 1 unspecified atom stereocenters. The van der Waals surface area contributed by atoms with Crippen LogP contribution in [0.3, 0.4) is 0 Å². The van der Waals surface area contributed by atoms with Gasteiger partial charge in [0.2, 0.25) is 8.32 Å². The van der Waals surface area contributed by atoms with Crippen LogP contribution in [-0.2, 0) is 0 Å². The van der Waals surface area contributed by atoms with E-state index in [-0.39, 0.29) is 11.1 Å². The predicted molar refractivity (Wildman–Crippen MR) is 178 cm³/mol. The average Bonchev–Trinajstić information content (AvgIpc) is 3.13. The molecule has 4 nitrogen and oxygen atoms in total. The van der Waals surface area contributed by atoms with E-state index in [2.05, 4.69) is 119 Å². The Kier molecular flexibility index (Phi) is 10.0. The van der Waals surface area contributed by atoms with Gasteiger partial charge >= 0.3 is 0 Å². The average molecular weight is 695 g/mol. The van der Waals surface area contributed by atoms with Gasteiger partial charge in [0.05, 0.1) is 11.1 Å². The number of nitrogens with zero attached hydrogens (tertiary/aromatic N) is 2. The second-order valence-corrected chi connectivity index (χ2v) is 18.5. The molecule has 0 spiro atoms. The fourth-order valence-electron chi connectivity index (χ4n) is 4.50. The van der Waals surface area contributed by atoms with Crippen LogP contribution in [0.4, 0.5) is 0 Å². The van der Waals surface area contributed by atoms with Gasteiger partial charge in [-0.25, -0.2) is 0 Å². The maximum atomic E-state index is 9.21. The van der Waals surface area contributed by atoms with Crippen LogP contribution in [0.1, 0.15) is 79.7 Å². The van der Waals surface area contributed by atoms with Crippen LogP contribution in [0.2, 0.25) is 18.1 Å². The zero-order valence-electron chi connectivity index (χ0n) is 25.6. The lowest BCUT2D eigenvalue weighted by atomic mass is 9.92. The molecule has 0 fully saturated rings. The molecule has 0 aliphatic heterocycles. The van der Waals surface area contributed by atoms with Crippen molar-refractivity contribution < 1.29 is 9.16 Å². The topological polar surface area (TPSA) is 66.0 Å². The molecule has 0 saturated carbocycles. The van der Waals surface area contributed by atoms with E-state index in [1.807, 2.05) is 24.3 Å². The summed E-state index contributed by atoms with van der Waals surface area (Å²) in [5.74, 6) is 1.51. The number of allylic oxidation sites excluding steroid dienone is 1. The first-order chi connectivity index (χ1) is 19.0. The Balaban J connectivity index is 0.000000241. The van der Waals surface area contributed by atoms with E-state index < -0.39 is 8.32 Å². The van der Waals surface area contributed by atoms with E-state index in [4.69, 9.17) is 14.4 Å². The summed E-state index contributed by atoms with van der Waals surface area (Å²) in [6.07, 6.45) is -0.0919. The van der Waals surface area contributed by atoms with Gasteiger partial charge in [0, 0.05) is 14.5 Å². The van der Waals surface area contributed by atoms with Gasteiger partial charge in [0.1, 0.15) is 29.7 Å². The number of ether oxygens (including phenoxy) is 1. The minimum atomic E-state index is -1.82. The van der Waals surface area contributed by atoms with E-state index >= 15 is 0 Å². The van der Waals surface area contributed by atoms with Gasteiger partial charge in [0.25, 0.3) is 0 Å². The Morgan fingerprint density at radius 2 is 1.29 bits per heavy atom. The molecule has 0 bridgehead atoms. The van der Waals surface area contributed by atoms with Gasteiger partial charge in [-0.2, -0.15) is 10.5 Å². The first-order valence-electron chi connectivity index (χ1n) is 13.6. The summed E-state index contributed by atoms with van der Waals surface area (Å²) >= 11 is 6.73. The van der Waals surface area contributed by atoms with Crippen molar-refractivity contribution in [1.29, 1.82) is 10.5 Å². The van der Waals surface area contributed by atoms with Crippen LogP contribution >= 0.6 is 31.9 Å². The molecular formula is C34H38Br2N2O2Si. The molecule has 214 valence electrons. The molecule has 7 heteroatoms. The molecule has 0 aromatic heterocycles. The highest BCUT2D eigenvalue weighted by molar-refractivity contribution is 9.10. The standard InChI is InChI=1S/C21H20BrNO.C13H18BrNOSi/c1-11-8-18-20(13(3)12(11)2)14(4)15(5)21(18)24-17-6-7-19(22)16(9-17)10-23;1-13(2,3)17(4,5)16-11-6-7-12(14)10(8-11)9-15/h6-9,21H,1-5H3;6-8H,1-5H3. The van der Waals surface area contributed by atoms with Crippen LogP contribution in [0.15, 0.2) is 57.0 Å². The van der Waals surface area contributed by atoms with Crippen molar-refractivity contribution in [1.82, 2.24) is 0 Å². The van der Waals surface area contributed by atoms with Crippen LogP contribution in [0, 0.1) is 43.4 Å². The fraction of sp³-hybridized carbons (Fsp3) is 0.353. The molecule has 0 heterocycles. The Bertz CT molecular complexity index is 1600. The number of nitriles is 2. The van der Waals surface area contributed by atoms with E-state index in [0.717, 1.165) is 20.4 Å². The third-order valence-corrected chi connectivity index (χ3v) is 14.1. The molecule has 4 rings (SSSR count). The second-order valence-electron chi connectivity index (χ2n) is 12.1.